The minimum atomic E-state index is -4.47. The van der Waals surface area contributed by atoms with Crippen LogP contribution in [-0.4, -0.2) is 34.8 Å². The third-order valence-electron chi connectivity index (χ3n) is 4.46. The number of hydrogen-bond acceptors (Lipinski definition) is 3. The molecular weight excluding hydrogens is 385 g/mol. The van der Waals surface area contributed by atoms with Crippen LogP contribution in [0.1, 0.15) is 11.3 Å². The van der Waals surface area contributed by atoms with E-state index < -0.39 is 17.8 Å². The summed E-state index contributed by atoms with van der Waals surface area (Å²) in [4.78, 5) is 12.2. The second-order valence-electron chi connectivity index (χ2n) is 6.73. The summed E-state index contributed by atoms with van der Waals surface area (Å²) in [6.07, 6.45) is -5.52. The number of benzene rings is 2. The fourth-order valence-corrected chi connectivity index (χ4v) is 3.00. The van der Waals surface area contributed by atoms with E-state index in [1.54, 1.807) is 0 Å². The number of aromatic nitrogens is 1. The highest BCUT2D eigenvalue weighted by Gasteiger charge is 2.30. The largest absolute Gasteiger partial charge is 0.491 e. The van der Waals surface area contributed by atoms with Crippen molar-refractivity contribution in [1.82, 2.24) is 9.88 Å². The second kappa shape index (κ2) is 8.57. The number of amides is 1. The number of carbonyl (C=O) groups is 1. The number of rotatable bonds is 7. The van der Waals surface area contributed by atoms with Gasteiger partial charge < -0.3 is 19.7 Å². The maximum atomic E-state index is 12.7. The fraction of sp³-hybridized carbons (Fsp3) is 0.286. The van der Waals surface area contributed by atoms with E-state index in [2.05, 4.69) is 5.32 Å². The first-order valence-electron chi connectivity index (χ1n) is 9.04. The molecule has 1 amide bonds. The molecule has 29 heavy (non-hydrogen) atoms. The number of carbonyl (C=O) groups excluding carboxylic acids is 1. The summed E-state index contributed by atoms with van der Waals surface area (Å²) in [7, 11) is 0. The molecule has 3 aromatic rings. The first-order chi connectivity index (χ1) is 13.7. The van der Waals surface area contributed by atoms with Crippen molar-refractivity contribution in [3.05, 3.63) is 65.9 Å². The topological polar surface area (TPSA) is 63.5 Å². The molecule has 0 saturated carbocycles. The summed E-state index contributed by atoms with van der Waals surface area (Å²) in [5.74, 6) is -0.285. The molecule has 1 aromatic heterocycles. The summed E-state index contributed by atoms with van der Waals surface area (Å²) in [5.41, 5.74) is 1.05. The van der Waals surface area contributed by atoms with Gasteiger partial charge in [0.2, 0.25) is 5.91 Å². The summed E-state index contributed by atoms with van der Waals surface area (Å²) in [6.45, 7) is 1.69. The standard InChI is InChI=1S/C21H21F3N2O3/c1-14-9-15-5-2-3-8-19(15)26(14)12-20(28)25-11-17(27)13-29-18-7-4-6-16(10-18)21(22,23)24/h2-10,17,27H,11-13H2,1H3,(H,25,28). The molecule has 2 aromatic carbocycles. The zero-order valence-electron chi connectivity index (χ0n) is 15.7. The normalized spacial score (nSPS) is 12.7. The van der Waals surface area contributed by atoms with Crippen molar-refractivity contribution in [2.75, 3.05) is 13.2 Å². The Morgan fingerprint density at radius 1 is 1.17 bits per heavy atom. The molecule has 1 atom stereocenters. The molecule has 8 heteroatoms. The molecule has 1 heterocycles. The lowest BCUT2D eigenvalue weighted by molar-refractivity contribution is -0.137. The van der Waals surface area contributed by atoms with Gasteiger partial charge in [0.25, 0.3) is 0 Å². The van der Waals surface area contributed by atoms with Gasteiger partial charge in [0, 0.05) is 17.8 Å². The van der Waals surface area contributed by atoms with Gasteiger partial charge in [0.15, 0.2) is 0 Å². The minimum Gasteiger partial charge on any atom is -0.491 e. The van der Waals surface area contributed by atoms with Crippen LogP contribution in [0.4, 0.5) is 13.2 Å². The third kappa shape index (κ3) is 5.29. The molecule has 0 saturated heterocycles. The van der Waals surface area contributed by atoms with Gasteiger partial charge in [-0.1, -0.05) is 24.3 Å². The monoisotopic (exact) mass is 406 g/mol. The summed E-state index contributed by atoms with van der Waals surface area (Å²) in [5, 5.41) is 13.6. The number of alkyl halides is 3. The Balaban J connectivity index is 1.50. The van der Waals surface area contributed by atoms with Crippen LogP contribution in [0, 0.1) is 6.92 Å². The maximum Gasteiger partial charge on any atom is 0.416 e. The third-order valence-corrected chi connectivity index (χ3v) is 4.46. The molecule has 2 N–H and O–H groups in total. The zero-order chi connectivity index (χ0) is 21.0. The molecule has 0 spiro atoms. The SMILES string of the molecule is Cc1cc2ccccc2n1CC(=O)NCC(O)COc1cccc(C(F)(F)F)c1. The van der Waals surface area contributed by atoms with Crippen molar-refractivity contribution < 1.29 is 27.8 Å². The minimum absolute atomic E-state index is 0.000336. The molecule has 0 radical (unpaired) electrons. The molecule has 3 rings (SSSR count). The smallest absolute Gasteiger partial charge is 0.416 e. The molecule has 5 nitrogen and oxygen atoms in total. The second-order valence-corrected chi connectivity index (χ2v) is 6.73. The molecule has 0 aliphatic carbocycles. The quantitative estimate of drug-likeness (QED) is 0.631. The molecule has 0 bridgehead atoms. The number of aryl methyl sites for hydroxylation is 1. The fourth-order valence-electron chi connectivity index (χ4n) is 3.00. The lowest BCUT2D eigenvalue weighted by atomic mass is 10.2. The van der Waals surface area contributed by atoms with Gasteiger partial charge in [0.1, 0.15) is 25.0 Å². The van der Waals surface area contributed by atoms with Gasteiger partial charge in [-0.25, -0.2) is 0 Å². The van der Waals surface area contributed by atoms with Gasteiger partial charge in [-0.05, 0) is 42.6 Å². The summed E-state index contributed by atoms with van der Waals surface area (Å²) < 4.78 is 45.2. The molecular formula is C21H21F3N2O3. The number of para-hydroxylation sites is 1. The predicted molar refractivity (Wildman–Crippen MR) is 103 cm³/mol. The summed E-state index contributed by atoms with van der Waals surface area (Å²) >= 11 is 0. The molecule has 0 aliphatic heterocycles. The van der Waals surface area contributed by atoms with Crippen molar-refractivity contribution in [1.29, 1.82) is 0 Å². The Kier molecular flexibility index (Phi) is 6.12. The van der Waals surface area contributed by atoms with Crippen molar-refractivity contribution in [3.63, 3.8) is 0 Å². The number of ether oxygens (including phenoxy) is 1. The van der Waals surface area contributed by atoms with E-state index in [4.69, 9.17) is 4.74 Å². The van der Waals surface area contributed by atoms with E-state index in [9.17, 15) is 23.1 Å². The van der Waals surface area contributed by atoms with Crippen LogP contribution in [0.2, 0.25) is 0 Å². The highest BCUT2D eigenvalue weighted by Crippen LogP contribution is 2.31. The first-order valence-corrected chi connectivity index (χ1v) is 9.04. The van der Waals surface area contributed by atoms with Crippen LogP contribution < -0.4 is 10.1 Å². The number of fused-ring (bicyclic) bond motifs is 1. The van der Waals surface area contributed by atoms with Crippen LogP contribution in [0.5, 0.6) is 5.75 Å². The number of nitrogens with one attached hydrogen (secondary N) is 1. The van der Waals surface area contributed by atoms with E-state index in [0.29, 0.717) is 0 Å². The number of aliphatic hydroxyl groups excluding tert-OH is 1. The average molecular weight is 406 g/mol. The van der Waals surface area contributed by atoms with Crippen LogP contribution in [0.15, 0.2) is 54.6 Å². The van der Waals surface area contributed by atoms with Gasteiger partial charge >= 0.3 is 6.18 Å². The number of hydrogen-bond donors (Lipinski definition) is 2. The average Bonchev–Trinajstić information content (AvgIpc) is 2.99. The van der Waals surface area contributed by atoms with E-state index in [1.807, 2.05) is 41.8 Å². The number of halogens is 3. The van der Waals surface area contributed by atoms with Gasteiger partial charge in [0.05, 0.1) is 5.56 Å². The number of aliphatic hydroxyl groups is 1. The Hall–Kier alpha value is -3.00. The van der Waals surface area contributed by atoms with E-state index in [1.165, 1.54) is 12.1 Å². The van der Waals surface area contributed by atoms with E-state index in [-0.39, 0.29) is 31.4 Å². The lowest BCUT2D eigenvalue weighted by Crippen LogP contribution is -2.37. The van der Waals surface area contributed by atoms with Crippen LogP contribution >= 0.6 is 0 Å². The van der Waals surface area contributed by atoms with Crippen molar-refractivity contribution in [2.45, 2.75) is 25.7 Å². The molecule has 154 valence electrons. The Labute approximate surface area is 165 Å². The van der Waals surface area contributed by atoms with Gasteiger partial charge in [-0.3, -0.25) is 4.79 Å². The molecule has 1 unspecified atom stereocenters. The zero-order valence-corrected chi connectivity index (χ0v) is 15.7. The Morgan fingerprint density at radius 3 is 2.69 bits per heavy atom. The van der Waals surface area contributed by atoms with E-state index in [0.717, 1.165) is 28.7 Å². The predicted octanol–water partition coefficient (Wildman–Crippen LogP) is 3.52. The lowest BCUT2D eigenvalue weighted by Gasteiger charge is -2.15. The van der Waals surface area contributed by atoms with Crippen molar-refractivity contribution in [2.24, 2.45) is 0 Å². The van der Waals surface area contributed by atoms with Crippen molar-refractivity contribution >= 4 is 16.8 Å². The molecule has 0 aliphatic rings. The highest BCUT2D eigenvalue weighted by atomic mass is 19.4. The van der Waals surface area contributed by atoms with Gasteiger partial charge in [-0.2, -0.15) is 13.2 Å². The highest BCUT2D eigenvalue weighted by molar-refractivity contribution is 5.84. The summed E-state index contributed by atoms with van der Waals surface area (Å²) in [6, 6.07) is 14.1. The van der Waals surface area contributed by atoms with Crippen LogP contribution in [0.3, 0.4) is 0 Å². The van der Waals surface area contributed by atoms with Gasteiger partial charge in [-0.15, -0.1) is 0 Å². The Morgan fingerprint density at radius 2 is 1.93 bits per heavy atom. The Bertz CT molecular complexity index is 998. The van der Waals surface area contributed by atoms with Crippen molar-refractivity contribution in [3.8, 4) is 5.75 Å². The first kappa shape index (κ1) is 20.7. The maximum absolute atomic E-state index is 12.7. The van der Waals surface area contributed by atoms with Crippen LogP contribution in [-0.2, 0) is 17.5 Å². The van der Waals surface area contributed by atoms with Crippen LogP contribution in [0.25, 0.3) is 10.9 Å². The molecule has 0 fully saturated rings. The van der Waals surface area contributed by atoms with E-state index >= 15 is 0 Å². The number of nitrogens with zero attached hydrogens (tertiary/aromatic N) is 1.